The summed E-state index contributed by atoms with van der Waals surface area (Å²) in [7, 11) is 5.36. The van der Waals surface area contributed by atoms with E-state index >= 15 is 0 Å². The van der Waals surface area contributed by atoms with Gasteiger partial charge in [0.1, 0.15) is 0 Å². The molecule has 4 aromatic rings. The maximum atomic E-state index is 13.6. The number of benzene rings is 3. The van der Waals surface area contributed by atoms with E-state index in [1.165, 1.54) is 5.69 Å². The van der Waals surface area contributed by atoms with Crippen LogP contribution >= 0.6 is 0 Å². The number of methoxy groups -OCH3 is 2. The zero-order valence-electron chi connectivity index (χ0n) is 21.7. The third-order valence-corrected chi connectivity index (χ3v) is 6.97. The summed E-state index contributed by atoms with van der Waals surface area (Å²) >= 11 is 0. The van der Waals surface area contributed by atoms with Crippen LogP contribution in [0.15, 0.2) is 66.7 Å². The zero-order chi connectivity index (χ0) is 25.9. The summed E-state index contributed by atoms with van der Waals surface area (Å²) in [6.45, 7) is 6.14. The highest BCUT2D eigenvalue weighted by atomic mass is 16.5. The molecule has 1 aliphatic rings. The molecule has 0 aliphatic carbocycles. The van der Waals surface area contributed by atoms with Gasteiger partial charge in [0.05, 0.1) is 31.0 Å². The topological polar surface area (TPSA) is 66.9 Å². The molecule has 7 nitrogen and oxygen atoms in total. The molecule has 2 heterocycles. The molecule has 0 spiro atoms. The highest BCUT2D eigenvalue weighted by Crippen LogP contribution is 2.33. The quantitative estimate of drug-likeness (QED) is 0.394. The van der Waals surface area contributed by atoms with Crippen LogP contribution in [0.2, 0.25) is 0 Å². The molecule has 1 aromatic heterocycles. The third kappa shape index (κ3) is 5.08. The Morgan fingerprint density at radius 1 is 0.892 bits per heavy atom. The molecule has 3 aromatic carbocycles. The van der Waals surface area contributed by atoms with Gasteiger partial charge in [0.2, 0.25) is 0 Å². The van der Waals surface area contributed by atoms with E-state index in [-0.39, 0.29) is 5.91 Å². The van der Waals surface area contributed by atoms with Crippen molar-refractivity contribution in [2.24, 2.45) is 0 Å². The second-order valence-electron chi connectivity index (χ2n) is 9.39. The smallest absolute Gasteiger partial charge is 0.256 e. The molecule has 0 unspecified atom stereocenters. The molecule has 1 N–H and O–H groups in total. The lowest BCUT2D eigenvalue weighted by Gasteiger charge is -2.34. The Labute approximate surface area is 217 Å². The van der Waals surface area contributed by atoms with Crippen molar-refractivity contribution in [3.63, 3.8) is 0 Å². The van der Waals surface area contributed by atoms with Crippen LogP contribution in [0, 0.1) is 6.92 Å². The van der Waals surface area contributed by atoms with Gasteiger partial charge in [-0.1, -0.05) is 18.2 Å². The van der Waals surface area contributed by atoms with Crippen LogP contribution in [0.3, 0.4) is 0 Å². The van der Waals surface area contributed by atoms with E-state index in [0.717, 1.165) is 53.9 Å². The van der Waals surface area contributed by atoms with Crippen LogP contribution in [0.4, 0.5) is 11.4 Å². The van der Waals surface area contributed by atoms with Crippen LogP contribution in [0.5, 0.6) is 11.5 Å². The van der Waals surface area contributed by atoms with Crippen molar-refractivity contribution in [2.45, 2.75) is 6.92 Å². The van der Waals surface area contributed by atoms with Gasteiger partial charge in [0.15, 0.2) is 11.5 Å². The molecule has 0 radical (unpaired) electrons. The Hall–Kier alpha value is -4.10. The van der Waals surface area contributed by atoms with Gasteiger partial charge in [0, 0.05) is 48.5 Å². The van der Waals surface area contributed by atoms with E-state index in [4.69, 9.17) is 14.5 Å². The van der Waals surface area contributed by atoms with E-state index in [1.807, 2.05) is 61.5 Å². The molecule has 190 valence electrons. The number of rotatable bonds is 6. The van der Waals surface area contributed by atoms with Gasteiger partial charge in [-0.2, -0.15) is 0 Å². The number of amides is 1. The summed E-state index contributed by atoms with van der Waals surface area (Å²) in [5, 5.41) is 3.94. The summed E-state index contributed by atoms with van der Waals surface area (Å²) in [6, 6.07) is 21.4. The Morgan fingerprint density at radius 2 is 1.65 bits per heavy atom. The predicted octanol–water partition coefficient (Wildman–Crippen LogP) is 5.23. The number of para-hydroxylation sites is 1. The number of nitrogens with one attached hydrogen (secondary N) is 1. The van der Waals surface area contributed by atoms with Crippen molar-refractivity contribution in [2.75, 3.05) is 57.7 Å². The lowest BCUT2D eigenvalue weighted by atomic mass is 10.0. The first-order chi connectivity index (χ1) is 18.0. The number of carbonyl (C=O) groups is 1. The van der Waals surface area contributed by atoms with E-state index in [9.17, 15) is 4.79 Å². The first-order valence-corrected chi connectivity index (χ1v) is 12.4. The van der Waals surface area contributed by atoms with Crippen molar-refractivity contribution in [3.8, 4) is 22.8 Å². The number of aromatic nitrogens is 1. The standard InChI is InChI=1S/C30H32N4O3/c1-20-17-22(34-15-13-33(2)14-16-34)10-11-25(20)32-30(35)24-19-27(31-26-8-6-5-7-23(24)26)21-9-12-28(36-3)29(18-21)37-4/h5-12,17-19H,13-16H2,1-4H3,(H,32,35). The first kappa shape index (κ1) is 24.6. The number of ether oxygens (including phenoxy) is 2. The molecule has 37 heavy (non-hydrogen) atoms. The van der Waals surface area contributed by atoms with Gasteiger partial charge < -0.3 is 24.6 Å². The van der Waals surface area contributed by atoms with E-state index in [0.29, 0.717) is 22.8 Å². The number of carbonyl (C=O) groups excluding carboxylic acids is 1. The van der Waals surface area contributed by atoms with Gasteiger partial charge in [-0.3, -0.25) is 4.79 Å². The summed E-state index contributed by atoms with van der Waals surface area (Å²) in [5.74, 6) is 1.08. The molecule has 0 atom stereocenters. The number of likely N-dealkylation sites (N-methyl/N-ethyl adjacent to an activating group) is 1. The van der Waals surface area contributed by atoms with Gasteiger partial charge in [0.25, 0.3) is 5.91 Å². The minimum absolute atomic E-state index is 0.171. The number of fused-ring (bicyclic) bond motifs is 1. The van der Waals surface area contributed by atoms with Crippen LogP contribution in [0.1, 0.15) is 15.9 Å². The predicted molar refractivity (Wildman–Crippen MR) is 149 cm³/mol. The minimum atomic E-state index is -0.171. The second-order valence-corrected chi connectivity index (χ2v) is 9.39. The molecular formula is C30H32N4O3. The van der Waals surface area contributed by atoms with Crippen molar-refractivity contribution in [1.29, 1.82) is 0 Å². The Bertz CT molecular complexity index is 1440. The third-order valence-electron chi connectivity index (χ3n) is 6.97. The molecule has 1 aliphatic heterocycles. The normalized spacial score (nSPS) is 14.0. The number of anilines is 2. The van der Waals surface area contributed by atoms with Gasteiger partial charge >= 0.3 is 0 Å². The number of nitrogens with zero attached hydrogens (tertiary/aromatic N) is 3. The number of piperazine rings is 1. The van der Waals surface area contributed by atoms with Crippen LogP contribution in [-0.2, 0) is 0 Å². The highest BCUT2D eigenvalue weighted by molar-refractivity contribution is 6.13. The van der Waals surface area contributed by atoms with E-state index < -0.39 is 0 Å². The zero-order valence-corrected chi connectivity index (χ0v) is 21.7. The largest absolute Gasteiger partial charge is 0.493 e. The molecule has 7 heteroatoms. The Kier molecular flexibility index (Phi) is 6.97. The van der Waals surface area contributed by atoms with E-state index in [1.54, 1.807) is 14.2 Å². The van der Waals surface area contributed by atoms with Crippen LogP contribution < -0.4 is 19.7 Å². The fourth-order valence-electron chi connectivity index (χ4n) is 4.75. The lowest BCUT2D eigenvalue weighted by Crippen LogP contribution is -2.44. The molecule has 0 bridgehead atoms. The maximum absolute atomic E-state index is 13.6. The molecule has 5 rings (SSSR count). The second kappa shape index (κ2) is 10.5. The summed E-state index contributed by atoms with van der Waals surface area (Å²) in [5.41, 5.74) is 5.87. The average Bonchev–Trinajstić information content (AvgIpc) is 2.93. The van der Waals surface area contributed by atoms with Crippen LogP contribution in [-0.4, -0.2) is 63.2 Å². The number of hydrogen-bond donors (Lipinski definition) is 1. The van der Waals surface area contributed by atoms with Crippen molar-refractivity contribution in [3.05, 3.63) is 77.9 Å². The highest BCUT2D eigenvalue weighted by Gasteiger charge is 2.18. The molecule has 1 fully saturated rings. The summed E-state index contributed by atoms with van der Waals surface area (Å²) in [6.07, 6.45) is 0. The summed E-state index contributed by atoms with van der Waals surface area (Å²) < 4.78 is 10.9. The SMILES string of the molecule is COc1ccc(-c2cc(C(=O)Nc3ccc(N4CCN(C)CC4)cc3C)c3ccccc3n2)cc1OC. The van der Waals surface area contributed by atoms with E-state index in [2.05, 4.69) is 34.3 Å². The van der Waals surface area contributed by atoms with Gasteiger partial charge in [-0.25, -0.2) is 4.98 Å². The van der Waals surface area contributed by atoms with Crippen LogP contribution in [0.25, 0.3) is 22.2 Å². The molecule has 1 amide bonds. The van der Waals surface area contributed by atoms with Gasteiger partial charge in [-0.15, -0.1) is 0 Å². The monoisotopic (exact) mass is 496 g/mol. The number of aryl methyl sites for hydroxylation is 1. The average molecular weight is 497 g/mol. The number of pyridine rings is 1. The minimum Gasteiger partial charge on any atom is -0.493 e. The van der Waals surface area contributed by atoms with Crippen molar-refractivity contribution in [1.82, 2.24) is 9.88 Å². The Morgan fingerprint density at radius 3 is 2.38 bits per heavy atom. The maximum Gasteiger partial charge on any atom is 0.256 e. The summed E-state index contributed by atoms with van der Waals surface area (Å²) in [4.78, 5) is 23.2. The molecular weight excluding hydrogens is 464 g/mol. The van der Waals surface area contributed by atoms with Crippen molar-refractivity contribution >= 4 is 28.2 Å². The Balaban J connectivity index is 1.46. The van der Waals surface area contributed by atoms with Gasteiger partial charge in [-0.05, 0) is 68.1 Å². The fourth-order valence-corrected chi connectivity index (χ4v) is 4.75. The first-order valence-electron chi connectivity index (χ1n) is 12.4. The number of hydrogen-bond acceptors (Lipinski definition) is 6. The molecule has 0 saturated carbocycles. The fraction of sp³-hybridized carbons (Fsp3) is 0.267. The van der Waals surface area contributed by atoms with Crippen molar-refractivity contribution < 1.29 is 14.3 Å². The lowest BCUT2D eigenvalue weighted by molar-refractivity contribution is 0.102. The molecule has 1 saturated heterocycles.